The highest BCUT2D eigenvalue weighted by atomic mass is 16.5. The summed E-state index contributed by atoms with van der Waals surface area (Å²) in [5, 5.41) is 3.14. The Morgan fingerprint density at radius 2 is 1.68 bits per heavy atom. The lowest BCUT2D eigenvalue weighted by Gasteiger charge is -2.34. The van der Waals surface area contributed by atoms with Crippen LogP contribution in [0, 0.1) is 11.8 Å². The normalized spacial score (nSPS) is 23.3. The second-order valence-corrected chi connectivity index (χ2v) is 6.66. The Kier molecular flexibility index (Phi) is 6.73. The molecule has 0 bridgehead atoms. The molecule has 1 amide bonds. The minimum atomic E-state index is -0.0808. The van der Waals surface area contributed by atoms with Crippen LogP contribution in [0.1, 0.15) is 38.7 Å². The van der Waals surface area contributed by atoms with Crippen LogP contribution in [0.15, 0.2) is 18.2 Å². The number of hydrogen-bond donors (Lipinski definition) is 1. The standard InChI is InChI=1S/C20H29NO4/c1-13-7-6-8-16(14(13)2)21-20(22)10-9-15-11-18(24-4)19(25-5)12-17(15)23-3/h9-14,16H,6-8H2,1-5H3,(H,21,22)/b10-9+. The van der Waals surface area contributed by atoms with Gasteiger partial charge in [0.05, 0.1) is 21.3 Å². The van der Waals surface area contributed by atoms with Crippen molar-refractivity contribution in [2.24, 2.45) is 11.8 Å². The molecule has 25 heavy (non-hydrogen) atoms. The molecule has 1 aliphatic carbocycles. The highest BCUT2D eigenvalue weighted by Crippen LogP contribution is 2.35. The Morgan fingerprint density at radius 1 is 1.04 bits per heavy atom. The van der Waals surface area contributed by atoms with E-state index in [0.29, 0.717) is 29.1 Å². The van der Waals surface area contributed by atoms with Crippen molar-refractivity contribution in [1.29, 1.82) is 0 Å². The van der Waals surface area contributed by atoms with Crippen molar-refractivity contribution in [2.75, 3.05) is 21.3 Å². The van der Waals surface area contributed by atoms with E-state index in [1.165, 1.54) is 12.8 Å². The number of carbonyl (C=O) groups excluding carboxylic acids is 1. The molecule has 3 atom stereocenters. The summed E-state index contributed by atoms with van der Waals surface area (Å²) in [6, 6.07) is 3.79. The highest BCUT2D eigenvalue weighted by molar-refractivity contribution is 5.92. The third-order valence-corrected chi connectivity index (χ3v) is 5.18. The number of amides is 1. The van der Waals surface area contributed by atoms with Gasteiger partial charge in [-0.25, -0.2) is 0 Å². The molecule has 1 aromatic rings. The zero-order chi connectivity index (χ0) is 18.4. The Labute approximate surface area is 150 Å². The van der Waals surface area contributed by atoms with Gasteiger partial charge in [-0.2, -0.15) is 0 Å². The SMILES string of the molecule is COc1cc(OC)c(OC)cc1/C=C/C(=O)NC1CCCC(C)C1C. The summed E-state index contributed by atoms with van der Waals surface area (Å²) >= 11 is 0. The topological polar surface area (TPSA) is 56.8 Å². The van der Waals surface area contributed by atoms with Gasteiger partial charge in [-0.15, -0.1) is 0 Å². The molecule has 0 saturated heterocycles. The summed E-state index contributed by atoms with van der Waals surface area (Å²) in [5.74, 6) is 2.88. The number of hydrogen-bond acceptors (Lipinski definition) is 4. The molecular formula is C20H29NO4. The zero-order valence-corrected chi connectivity index (χ0v) is 15.8. The summed E-state index contributed by atoms with van der Waals surface area (Å²) in [7, 11) is 4.74. The van der Waals surface area contributed by atoms with Crippen LogP contribution in [-0.2, 0) is 4.79 Å². The first-order chi connectivity index (χ1) is 12.0. The number of methoxy groups -OCH3 is 3. The lowest BCUT2D eigenvalue weighted by Crippen LogP contribution is -2.43. The quantitative estimate of drug-likeness (QED) is 0.798. The molecule has 1 N–H and O–H groups in total. The van der Waals surface area contributed by atoms with Crippen LogP contribution in [0.4, 0.5) is 0 Å². The summed E-state index contributed by atoms with van der Waals surface area (Å²) < 4.78 is 16.0. The van der Waals surface area contributed by atoms with E-state index in [9.17, 15) is 4.79 Å². The molecule has 3 unspecified atom stereocenters. The smallest absolute Gasteiger partial charge is 0.244 e. The van der Waals surface area contributed by atoms with E-state index in [1.54, 1.807) is 45.6 Å². The third kappa shape index (κ3) is 4.68. The Morgan fingerprint density at radius 3 is 2.32 bits per heavy atom. The zero-order valence-electron chi connectivity index (χ0n) is 15.8. The predicted octanol–water partition coefficient (Wildman–Crippen LogP) is 3.67. The van der Waals surface area contributed by atoms with Gasteiger partial charge in [-0.05, 0) is 30.4 Å². The maximum Gasteiger partial charge on any atom is 0.244 e. The van der Waals surface area contributed by atoms with E-state index in [1.807, 2.05) is 0 Å². The van der Waals surface area contributed by atoms with E-state index in [0.717, 1.165) is 12.0 Å². The molecule has 1 fully saturated rings. The first-order valence-electron chi connectivity index (χ1n) is 8.78. The molecule has 0 heterocycles. The molecule has 0 spiro atoms. The van der Waals surface area contributed by atoms with Gasteiger partial charge in [-0.3, -0.25) is 4.79 Å². The number of benzene rings is 1. The van der Waals surface area contributed by atoms with Crippen molar-refractivity contribution in [3.05, 3.63) is 23.8 Å². The minimum absolute atomic E-state index is 0.0808. The van der Waals surface area contributed by atoms with Gasteiger partial charge in [0, 0.05) is 23.7 Å². The maximum atomic E-state index is 12.3. The summed E-state index contributed by atoms with van der Waals surface area (Å²) in [6.45, 7) is 4.48. The molecule has 0 aromatic heterocycles. The van der Waals surface area contributed by atoms with Crippen molar-refractivity contribution < 1.29 is 19.0 Å². The van der Waals surface area contributed by atoms with E-state index < -0.39 is 0 Å². The molecule has 5 nitrogen and oxygen atoms in total. The molecule has 0 radical (unpaired) electrons. The Bertz CT molecular complexity index is 626. The van der Waals surface area contributed by atoms with Crippen LogP contribution in [-0.4, -0.2) is 33.3 Å². The second-order valence-electron chi connectivity index (χ2n) is 6.66. The van der Waals surface area contributed by atoms with E-state index in [4.69, 9.17) is 14.2 Å². The van der Waals surface area contributed by atoms with E-state index in [-0.39, 0.29) is 11.9 Å². The lowest BCUT2D eigenvalue weighted by molar-refractivity contribution is -0.117. The van der Waals surface area contributed by atoms with Gasteiger partial charge >= 0.3 is 0 Å². The first kappa shape index (κ1) is 19.2. The van der Waals surface area contributed by atoms with E-state index in [2.05, 4.69) is 19.2 Å². The fourth-order valence-corrected chi connectivity index (χ4v) is 3.37. The predicted molar refractivity (Wildman–Crippen MR) is 99.2 cm³/mol. The Balaban J connectivity index is 2.11. The number of nitrogens with one attached hydrogen (secondary N) is 1. The van der Waals surface area contributed by atoms with Gasteiger partial charge in [0.25, 0.3) is 0 Å². The van der Waals surface area contributed by atoms with Gasteiger partial charge in [0.15, 0.2) is 11.5 Å². The summed E-state index contributed by atoms with van der Waals surface area (Å²) in [5.41, 5.74) is 0.764. The van der Waals surface area contributed by atoms with Crippen LogP contribution in [0.25, 0.3) is 6.08 Å². The van der Waals surface area contributed by atoms with Crippen LogP contribution in [0.3, 0.4) is 0 Å². The van der Waals surface area contributed by atoms with Gasteiger partial charge in [0.2, 0.25) is 5.91 Å². The fourth-order valence-electron chi connectivity index (χ4n) is 3.37. The third-order valence-electron chi connectivity index (χ3n) is 5.18. The molecule has 1 aromatic carbocycles. The number of rotatable bonds is 6. The van der Waals surface area contributed by atoms with Crippen LogP contribution >= 0.6 is 0 Å². The van der Waals surface area contributed by atoms with Crippen molar-refractivity contribution in [1.82, 2.24) is 5.32 Å². The Hall–Kier alpha value is -2.17. The van der Waals surface area contributed by atoms with Gasteiger partial charge in [0.1, 0.15) is 5.75 Å². The average Bonchev–Trinajstić information content (AvgIpc) is 2.62. The van der Waals surface area contributed by atoms with Gasteiger partial charge < -0.3 is 19.5 Å². The van der Waals surface area contributed by atoms with Crippen LogP contribution in [0.2, 0.25) is 0 Å². The number of ether oxygens (including phenoxy) is 3. The second kappa shape index (κ2) is 8.79. The maximum absolute atomic E-state index is 12.3. The summed E-state index contributed by atoms with van der Waals surface area (Å²) in [6.07, 6.45) is 6.75. The van der Waals surface area contributed by atoms with Crippen molar-refractivity contribution in [2.45, 2.75) is 39.2 Å². The van der Waals surface area contributed by atoms with Crippen LogP contribution < -0.4 is 19.5 Å². The summed E-state index contributed by atoms with van der Waals surface area (Å²) in [4.78, 5) is 12.3. The van der Waals surface area contributed by atoms with Crippen LogP contribution in [0.5, 0.6) is 17.2 Å². The minimum Gasteiger partial charge on any atom is -0.496 e. The number of carbonyl (C=O) groups is 1. The monoisotopic (exact) mass is 347 g/mol. The van der Waals surface area contributed by atoms with Crippen molar-refractivity contribution in [3.63, 3.8) is 0 Å². The lowest BCUT2D eigenvalue weighted by atomic mass is 9.78. The molecule has 138 valence electrons. The fraction of sp³-hybridized carbons (Fsp3) is 0.550. The molecule has 5 heteroatoms. The molecule has 2 rings (SSSR count). The first-order valence-corrected chi connectivity index (χ1v) is 8.78. The largest absolute Gasteiger partial charge is 0.496 e. The van der Waals surface area contributed by atoms with Crippen molar-refractivity contribution in [3.8, 4) is 17.2 Å². The van der Waals surface area contributed by atoms with Crippen molar-refractivity contribution >= 4 is 12.0 Å². The molecule has 1 aliphatic rings. The molecule has 0 aliphatic heterocycles. The molecule has 1 saturated carbocycles. The van der Waals surface area contributed by atoms with E-state index >= 15 is 0 Å². The average molecular weight is 347 g/mol. The van der Waals surface area contributed by atoms with Gasteiger partial charge in [-0.1, -0.05) is 26.7 Å². The molecular weight excluding hydrogens is 318 g/mol. The highest BCUT2D eigenvalue weighted by Gasteiger charge is 2.27.